The number of hydrogen-bond donors (Lipinski definition) is 3. The number of nitrogens with zero attached hydrogens (tertiary/aromatic N) is 6. The van der Waals surface area contributed by atoms with Crippen molar-refractivity contribution in [1.29, 1.82) is 0 Å². The summed E-state index contributed by atoms with van der Waals surface area (Å²) in [5, 5.41) is 17.1. The molecule has 0 unspecified atom stereocenters. The molecule has 0 spiro atoms. The predicted octanol–water partition coefficient (Wildman–Crippen LogP) is 2.04. The first kappa shape index (κ1) is 22.5. The Kier molecular flexibility index (Phi) is 7.30. The van der Waals surface area contributed by atoms with Crippen LogP contribution in [0.3, 0.4) is 0 Å². The Balaban J connectivity index is 1.56. The van der Waals surface area contributed by atoms with Gasteiger partial charge in [-0.2, -0.15) is 21.7 Å². The number of anilines is 3. The molecule has 4 heterocycles. The number of aromatic nitrogens is 4. The minimum atomic E-state index is -0.0738. The number of aliphatic hydroxyl groups is 1. The summed E-state index contributed by atoms with van der Waals surface area (Å²) in [4.78, 5) is 24.1. The molecule has 3 aromatic rings. The minimum absolute atomic E-state index is 0.0738. The van der Waals surface area contributed by atoms with Crippen LogP contribution in [0.1, 0.15) is 5.56 Å². The lowest BCUT2D eigenvalue weighted by Crippen LogP contribution is -2.44. The van der Waals surface area contributed by atoms with E-state index in [2.05, 4.69) is 32.6 Å². The normalized spacial score (nSPS) is 16.9. The Morgan fingerprint density at radius 1 is 0.970 bits per heavy atom. The van der Waals surface area contributed by atoms with Gasteiger partial charge < -0.3 is 25.5 Å². The summed E-state index contributed by atoms with van der Waals surface area (Å²) >= 11 is 3.22. The summed E-state index contributed by atoms with van der Waals surface area (Å²) in [7, 11) is 0. The standard InChI is InChI=1S/C22H28N8OS2/c31-15-33-21-19(24-14-16-4-2-1-3-5-16)26-18-17(25-21)20(29-10-12-32-13-11-29)28-22(27-18)30-8-6-23-7-9-30/h1-5,23,31H,6-15H2,(H,24,26,27,28). The van der Waals surface area contributed by atoms with Crippen molar-refractivity contribution in [3.8, 4) is 0 Å². The largest absolute Gasteiger partial charge is 0.385 e. The van der Waals surface area contributed by atoms with Gasteiger partial charge in [-0.05, 0) is 5.56 Å². The zero-order valence-electron chi connectivity index (χ0n) is 18.4. The molecule has 9 nitrogen and oxygen atoms in total. The third-order valence-electron chi connectivity index (χ3n) is 5.68. The molecule has 0 saturated carbocycles. The maximum atomic E-state index is 9.64. The predicted molar refractivity (Wildman–Crippen MR) is 136 cm³/mol. The van der Waals surface area contributed by atoms with Gasteiger partial charge in [-0.1, -0.05) is 42.1 Å². The fourth-order valence-electron chi connectivity index (χ4n) is 3.97. The van der Waals surface area contributed by atoms with E-state index in [1.807, 2.05) is 30.0 Å². The highest BCUT2D eigenvalue weighted by Crippen LogP contribution is 2.32. The first-order valence-electron chi connectivity index (χ1n) is 11.2. The Morgan fingerprint density at radius 2 is 1.76 bits per heavy atom. The van der Waals surface area contributed by atoms with Gasteiger partial charge in [-0.3, -0.25) is 0 Å². The zero-order chi connectivity index (χ0) is 22.5. The van der Waals surface area contributed by atoms with Crippen molar-refractivity contribution in [2.45, 2.75) is 11.6 Å². The molecular weight excluding hydrogens is 456 g/mol. The number of aliphatic hydroxyl groups excluding tert-OH is 1. The molecule has 2 fully saturated rings. The highest BCUT2D eigenvalue weighted by molar-refractivity contribution is 7.99. The van der Waals surface area contributed by atoms with E-state index in [0.717, 1.165) is 62.2 Å². The Hall–Kier alpha value is -2.34. The first-order chi connectivity index (χ1) is 16.3. The van der Waals surface area contributed by atoms with Crippen LogP contribution in [0, 0.1) is 0 Å². The molecular formula is C22H28N8OS2. The average molecular weight is 485 g/mol. The zero-order valence-corrected chi connectivity index (χ0v) is 20.0. The molecule has 2 aromatic heterocycles. The van der Waals surface area contributed by atoms with Crippen molar-refractivity contribution in [2.75, 3.05) is 71.8 Å². The first-order valence-corrected chi connectivity index (χ1v) is 13.4. The minimum Gasteiger partial charge on any atom is -0.385 e. The Morgan fingerprint density at radius 3 is 2.52 bits per heavy atom. The van der Waals surface area contributed by atoms with E-state index in [0.29, 0.717) is 34.5 Å². The van der Waals surface area contributed by atoms with Crippen LogP contribution in [0.4, 0.5) is 17.6 Å². The number of piperazine rings is 1. The van der Waals surface area contributed by atoms with E-state index >= 15 is 0 Å². The molecule has 0 atom stereocenters. The number of nitrogens with one attached hydrogen (secondary N) is 2. The van der Waals surface area contributed by atoms with Gasteiger partial charge >= 0.3 is 0 Å². The lowest BCUT2D eigenvalue weighted by molar-refractivity contribution is 0.375. The molecule has 11 heteroatoms. The summed E-state index contributed by atoms with van der Waals surface area (Å²) in [6.07, 6.45) is 0. The van der Waals surface area contributed by atoms with Gasteiger partial charge in [-0.15, -0.1) is 0 Å². The number of benzene rings is 1. The third-order valence-corrected chi connectivity index (χ3v) is 7.31. The van der Waals surface area contributed by atoms with E-state index < -0.39 is 0 Å². The van der Waals surface area contributed by atoms with E-state index in [1.165, 1.54) is 11.8 Å². The van der Waals surface area contributed by atoms with Crippen molar-refractivity contribution >= 4 is 52.3 Å². The van der Waals surface area contributed by atoms with Crippen LogP contribution in [-0.4, -0.2) is 81.8 Å². The lowest BCUT2D eigenvalue weighted by Gasteiger charge is -2.31. The molecule has 0 amide bonds. The average Bonchev–Trinajstić information content (AvgIpc) is 2.88. The fraction of sp³-hybridized carbons (Fsp3) is 0.455. The smallest absolute Gasteiger partial charge is 0.229 e. The van der Waals surface area contributed by atoms with Crippen LogP contribution < -0.4 is 20.4 Å². The second-order valence-electron chi connectivity index (χ2n) is 7.85. The summed E-state index contributed by atoms with van der Waals surface area (Å²) in [6.45, 7) is 6.03. The number of fused-ring (bicyclic) bond motifs is 1. The van der Waals surface area contributed by atoms with Gasteiger partial charge in [-0.25, -0.2) is 9.97 Å². The van der Waals surface area contributed by atoms with Gasteiger partial charge in [0.15, 0.2) is 22.8 Å². The number of rotatable bonds is 7. The quantitative estimate of drug-likeness (QED) is 0.339. The van der Waals surface area contributed by atoms with Crippen molar-refractivity contribution in [3.63, 3.8) is 0 Å². The third kappa shape index (κ3) is 5.26. The van der Waals surface area contributed by atoms with Gasteiger partial charge in [0.2, 0.25) is 5.95 Å². The topological polar surface area (TPSA) is 102 Å². The molecule has 2 saturated heterocycles. The van der Waals surface area contributed by atoms with Gasteiger partial charge in [0.25, 0.3) is 0 Å². The van der Waals surface area contributed by atoms with Crippen LogP contribution in [0.5, 0.6) is 0 Å². The van der Waals surface area contributed by atoms with Crippen molar-refractivity contribution in [3.05, 3.63) is 35.9 Å². The summed E-state index contributed by atoms with van der Waals surface area (Å²) < 4.78 is 0. The van der Waals surface area contributed by atoms with Crippen LogP contribution in [0.2, 0.25) is 0 Å². The molecule has 174 valence electrons. The number of hydrogen-bond acceptors (Lipinski definition) is 11. The van der Waals surface area contributed by atoms with Crippen molar-refractivity contribution < 1.29 is 5.11 Å². The molecule has 1 aromatic carbocycles. The molecule has 0 aliphatic carbocycles. The summed E-state index contributed by atoms with van der Waals surface area (Å²) in [6, 6.07) is 10.2. The molecule has 2 aliphatic heterocycles. The number of thioether (sulfide) groups is 2. The van der Waals surface area contributed by atoms with Crippen molar-refractivity contribution in [2.24, 2.45) is 0 Å². The molecule has 33 heavy (non-hydrogen) atoms. The van der Waals surface area contributed by atoms with Crippen LogP contribution in [-0.2, 0) is 6.54 Å². The molecule has 3 N–H and O–H groups in total. The highest BCUT2D eigenvalue weighted by atomic mass is 32.2. The maximum absolute atomic E-state index is 9.64. The summed E-state index contributed by atoms with van der Waals surface area (Å²) in [5.41, 5.74) is 2.43. The van der Waals surface area contributed by atoms with Crippen molar-refractivity contribution in [1.82, 2.24) is 25.3 Å². The fourth-order valence-corrected chi connectivity index (χ4v) is 5.40. The maximum Gasteiger partial charge on any atom is 0.229 e. The van der Waals surface area contributed by atoms with Gasteiger partial charge in [0.05, 0.1) is 5.94 Å². The molecule has 0 bridgehead atoms. The molecule has 2 aliphatic rings. The van der Waals surface area contributed by atoms with Crippen LogP contribution in [0.15, 0.2) is 35.4 Å². The van der Waals surface area contributed by atoms with Gasteiger partial charge in [0, 0.05) is 57.3 Å². The van der Waals surface area contributed by atoms with E-state index in [-0.39, 0.29) is 5.94 Å². The summed E-state index contributed by atoms with van der Waals surface area (Å²) in [5.74, 6) is 4.25. The lowest BCUT2D eigenvalue weighted by atomic mass is 10.2. The Bertz CT molecular complexity index is 1070. The monoisotopic (exact) mass is 484 g/mol. The van der Waals surface area contributed by atoms with Crippen LogP contribution >= 0.6 is 23.5 Å². The van der Waals surface area contributed by atoms with Crippen LogP contribution in [0.25, 0.3) is 11.2 Å². The van der Waals surface area contributed by atoms with E-state index in [4.69, 9.17) is 19.9 Å². The second kappa shape index (κ2) is 10.7. The van der Waals surface area contributed by atoms with E-state index in [9.17, 15) is 5.11 Å². The molecule has 0 radical (unpaired) electrons. The SMILES string of the molecule is OCSc1nc2c(N3CCSCC3)nc(N3CCNCC3)nc2nc1NCc1ccccc1. The highest BCUT2D eigenvalue weighted by Gasteiger charge is 2.23. The molecule has 5 rings (SSSR count). The van der Waals surface area contributed by atoms with E-state index in [1.54, 1.807) is 0 Å². The van der Waals surface area contributed by atoms with Gasteiger partial charge in [0.1, 0.15) is 5.03 Å². The Labute approximate surface area is 201 Å². The second-order valence-corrected chi connectivity index (χ2v) is 10.0.